The van der Waals surface area contributed by atoms with E-state index in [1.54, 1.807) is 35.1 Å². The van der Waals surface area contributed by atoms with Crippen LogP contribution in [0.1, 0.15) is 18.5 Å². The molecule has 128 valence electrons. The molecule has 0 aliphatic rings. The van der Waals surface area contributed by atoms with Crippen LogP contribution in [0.3, 0.4) is 0 Å². The Bertz CT molecular complexity index is 864. The zero-order chi connectivity index (χ0) is 17.6. The molecule has 1 heterocycles. The summed E-state index contributed by atoms with van der Waals surface area (Å²) in [6.07, 6.45) is 2.40. The number of amidine groups is 1. The monoisotopic (exact) mass is 356 g/mol. The first-order valence-corrected chi connectivity index (χ1v) is 8.18. The Morgan fingerprint density at radius 2 is 2.08 bits per heavy atom. The highest BCUT2D eigenvalue weighted by Crippen LogP contribution is 2.15. The molecule has 6 nitrogen and oxygen atoms in total. The van der Waals surface area contributed by atoms with Gasteiger partial charge in [0.1, 0.15) is 0 Å². The number of aliphatic imine (C=N–C) groups is 1. The lowest BCUT2D eigenvalue weighted by Crippen LogP contribution is -2.39. The third-order valence-electron chi connectivity index (χ3n) is 3.58. The molecule has 1 unspecified atom stereocenters. The van der Waals surface area contributed by atoms with E-state index in [-0.39, 0.29) is 11.9 Å². The Balaban J connectivity index is 1.66. The van der Waals surface area contributed by atoms with E-state index in [1.807, 2.05) is 25.1 Å². The number of hydrogen-bond acceptors (Lipinski definition) is 4. The van der Waals surface area contributed by atoms with Gasteiger partial charge in [0.2, 0.25) is 5.27 Å². The van der Waals surface area contributed by atoms with Gasteiger partial charge in [-0.05, 0) is 28.4 Å². The van der Waals surface area contributed by atoms with Crippen LogP contribution < -0.4 is 15.1 Å². The standard InChI is InChI=1S/C18H17ClN4O2/c1-13(10-14-6-3-2-4-7-14)23-12-17(25-22-23)21-18(24)20-16-9-5-8-15(19)11-16/h2-9,11-13H,10H2,1H3,(H-,20,21,22,24). The van der Waals surface area contributed by atoms with Crippen LogP contribution in [0.15, 0.2) is 70.3 Å². The zero-order valence-electron chi connectivity index (χ0n) is 13.6. The second-order valence-electron chi connectivity index (χ2n) is 5.61. The lowest BCUT2D eigenvalue weighted by atomic mass is 10.1. The van der Waals surface area contributed by atoms with Crippen LogP contribution in [0.2, 0.25) is 5.02 Å². The van der Waals surface area contributed by atoms with Crippen LogP contribution in [-0.4, -0.2) is 11.3 Å². The van der Waals surface area contributed by atoms with Crippen LogP contribution in [0.5, 0.6) is 0 Å². The molecule has 1 N–H and O–H groups in total. The third-order valence-corrected chi connectivity index (χ3v) is 3.82. The fraction of sp³-hybridized carbons (Fsp3) is 0.167. The molecule has 0 aliphatic carbocycles. The Morgan fingerprint density at radius 1 is 1.28 bits per heavy atom. The molecule has 0 aliphatic heterocycles. The minimum absolute atomic E-state index is 0.0751. The largest absolute Gasteiger partial charge is 0.846 e. The topological polar surface area (TPSA) is 77.4 Å². The first-order valence-electron chi connectivity index (χ1n) is 7.80. The summed E-state index contributed by atoms with van der Waals surface area (Å²) in [5, 5.41) is 19.0. The molecule has 3 rings (SSSR count). The number of benzene rings is 2. The van der Waals surface area contributed by atoms with Gasteiger partial charge in [-0.25, -0.2) is 4.99 Å². The van der Waals surface area contributed by atoms with E-state index in [2.05, 4.69) is 27.7 Å². The molecule has 0 fully saturated rings. The number of aromatic nitrogens is 2. The summed E-state index contributed by atoms with van der Waals surface area (Å²) >= 11 is 5.88. The summed E-state index contributed by atoms with van der Waals surface area (Å²) in [6, 6.07) is 16.4. The molecule has 0 saturated carbocycles. The van der Waals surface area contributed by atoms with Gasteiger partial charge in [-0.1, -0.05) is 48.0 Å². The van der Waals surface area contributed by atoms with E-state index >= 15 is 0 Å². The molecule has 0 saturated heterocycles. The van der Waals surface area contributed by atoms with Crippen LogP contribution >= 0.6 is 11.6 Å². The summed E-state index contributed by atoms with van der Waals surface area (Å²) in [5.41, 5.74) is 1.76. The molecular weight excluding hydrogens is 340 g/mol. The lowest BCUT2D eigenvalue weighted by molar-refractivity contribution is -0.782. The molecule has 0 radical (unpaired) electrons. The van der Waals surface area contributed by atoms with Crippen LogP contribution in [0.25, 0.3) is 0 Å². The predicted molar refractivity (Wildman–Crippen MR) is 93.7 cm³/mol. The quantitative estimate of drug-likeness (QED) is 0.433. The highest BCUT2D eigenvalue weighted by Gasteiger charge is 2.19. The number of anilines is 1. The van der Waals surface area contributed by atoms with Crippen molar-refractivity contribution in [2.75, 3.05) is 5.32 Å². The zero-order valence-corrected chi connectivity index (χ0v) is 14.3. The summed E-state index contributed by atoms with van der Waals surface area (Å²) < 4.78 is 6.77. The minimum Gasteiger partial charge on any atom is -0.846 e. The van der Waals surface area contributed by atoms with E-state index < -0.39 is 6.02 Å². The maximum Gasteiger partial charge on any atom is 0.322 e. The Morgan fingerprint density at radius 3 is 2.84 bits per heavy atom. The molecule has 1 aromatic heterocycles. The third kappa shape index (κ3) is 4.81. The van der Waals surface area contributed by atoms with Crippen molar-refractivity contribution in [3.63, 3.8) is 0 Å². The highest BCUT2D eigenvalue weighted by atomic mass is 35.5. The SMILES string of the molecule is CC(Cc1ccccc1)[n+]1cc(/N=C(\[O-])Nc2cccc(Cl)c2)on1. The lowest BCUT2D eigenvalue weighted by Gasteiger charge is -2.12. The van der Waals surface area contributed by atoms with E-state index in [4.69, 9.17) is 16.1 Å². The van der Waals surface area contributed by atoms with Crippen molar-refractivity contribution in [2.24, 2.45) is 4.99 Å². The maximum atomic E-state index is 11.9. The van der Waals surface area contributed by atoms with Crippen molar-refractivity contribution in [1.82, 2.24) is 5.27 Å². The summed E-state index contributed by atoms with van der Waals surface area (Å²) in [6.45, 7) is 2.02. The highest BCUT2D eigenvalue weighted by molar-refractivity contribution is 6.30. The fourth-order valence-electron chi connectivity index (χ4n) is 2.37. The van der Waals surface area contributed by atoms with Crippen molar-refractivity contribution in [1.29, 1.82) is 0 Å². The molecule has 25 heavy (non-hydrogen) atoms. The first kappa shape index (κ1) is 17.0. The van der Waals surface area contributed by atoms with Gasteiger partial charge >= 0.3 is 5.88 Å². The molecule has 1 atom stereocenters. The molecule has 2 aromatic carbocycles. The second-order valence-corrected chi connectivity index (χ2v) is 6.05. The van der Waals surface area contributed by atoms with Gasteiger partial charge in [0.15, 0.2) is 6.04 Å². The normalized spacial score (nSPS) is 12.8. The van der Waals surface area contributed by atoms with Gasteiger partial charge in [-0.3, -0.25) is 4.52 Å². The second kappa shape index (κ2) is 7.81. The smallest absolute Gasteiger partial charge is 0.322 e. The van der Waals surface area contributed by atoms with Crippen LogP contribution in [0.4, 0.5) is 11.6 Å². The number of nitrogens with one attached hydrogen (secondary N) is 1. The molecule has 0 spiro atoms. The first-order chi connectivity index (χ1) is 12.1. The molecule has 0 bridgehead atoms. The number of nitrogens with zero attached hydrogens (tertiary/aromatic N) is 3. The van der Waals surface area contributed by atoms with Gasteiger partial charge in [-0.15, -0.1) is 0 Å². The summed E-state index contributed by atoms with van der Waals surface area (Å²) in [4.78, 5) is 3.85. The average molecular weight is 357 g/mol. The minimum atomic E-state index is -0.554. The van der Waals surface area contributed by atoms with Crippen molar-refractivity contribution >= 4 is 29.2 Å². The Hall–Kier alpha value is -2.86. The van der Waals surface area contributed by atoms with Crippen LogP contribution in [-0.2, 0) is 6.42 Å². The van der Waals surface area contributed by atoms with E-state index in [0.29, 0.717) is 10.7 Å². The number of hydrogen-bond donors (Lipinski definition) is 1. The molecular formula is C18H17ClN4O2. The van der Waals surface area contributed by atoms with E-state index in [9.17, 15) is 5.11 Å². The van der Waals surface area contributed by atoms with Gasteiger partial charge < -0.3 is 10.4 Å². The van der Waals surface area contributed by atoms with Gasteiger partial charge in [0, 0.05) is 24.1 Å². The van der Waals surface area contributed by atoms with E-state index in [0.717, 1.165) is 6.42 Å². The Labute approximate surface area is 150 Å². The van der Waals surface area contributed by atoms with Gasteiger partial charge in [-0.2, -0.15) is 0 Å². The van der Waals surface area contributed by atoms with Gasteiger partial charge in [0.05, 0.1) is 6.02 Å². The molecule has 3 aromatic rings. The predicted octanol–water partition coefficient (Wildman–Crippen LogP) is 2.88. The van der Waals surface area contributed by atoms with Crippen molar-refractivity contribution in [3.05, 3.63) is 71.4 Å². The Kier molecular flexibility index (Phi) is 5.30. The fourth-order valence-corrected chi connectivity index (χ4v) is 2.56. The average Bonchev–Trinajstić information content (AvgIpc) is 3.04. The van der Waals surface area contributed by atoms with Crippen LogP contribution in [0, 0.1) is 0 Å². The summed E-state index contributed by atoms with van der Waals surface area (Å²) in [5.74, 6) is 0.138. The molecule has 7 heteroatoms. The van der Waals surface area contributed by atoms with Crippen molar-refractivity contribution < 1.29 is 14.3 Å². The maximum absolute atomic E-state index is 11.9. The number of halogens is 1. The van der Waals surface area contributed by atoms with E-state index in [1.165, 1.54) is 5.56 Å². The van der Waals surface area contributed by atoms with Gasteiger partial charge in [0.25, 0.3) is 6.20 Å². The van der Waals surface area contributed by atoms with Crippen molar-refractivity contribution in [3.8, 4) is 0 Å². The van der Waals surface area contributed by atoms with Crippen molar-refractivity contribution in [2.45, 2.75) is 19.4 Å². The summed E-state index contributed by atoms with van der Waals surface area (Å²) in [7, 11) is 0. The number of rotatable bonds is 5. The molecule has 0 amide bonds.